The Morgan fingerprint density at radius 3 is 1.78 bits per heavy atom. The van der Waals surface area contributed by atoms with Crippen molar-refractivity contribution in [2.75, 3.05) is 31.7 Å². The number of hydrogen-bond acceptors (Lipinski definition) is 17. The smallest absolute Gasteiger partial charge is 0.245 e. The Labute approximate surface area is 427 Å². The highest BCUT2D eigenvalue weighted by Gasteiger charge is 2.35. The summed E-state index contributed by atoms with van der Waals surface area (Å²) in [5.74, 6) is -9.80. The van der Waals surface area contributed by atoms with E-state index in [1.54, 1.807) is 27.7 Å². The lowest BCUT2D eigenvalue weighted by molar-refractivity contribution is -0.136. The van der Waals surface area contributed by atoms with E-state index in [4.69, 9.17) is 16.6 Å². The third-order valence-electron chi connectivity index (χ3n) is 10.9. The van der Waals surface area contributed by atoms with Crippen molar-refractivity contribution >= 4 is 83.0 Å². The molecule has 28 nitrogen and oxygen atoms in total. The standard InChI is InChI=1S/C44H74N14O14S/c1-9-22(4)35(43(71)56-29(12-21(2)3)42(70)58-36(25(7)61)44(72)53-26(18-59)10-11-73-8)57-34(64)17-48-37(65)23(5)51-38(66)24(6)52-40(68)30(13-27-15-47-20-50-27)55-41(69)31(14-32(46)62)54-33(63)16-49-39(67)28(45)19-60/h15,18,20-26,28-31,35-36,60-61H,9-14,16-17,19,45H2,1-8H3,(H2,46,62)(H,47,50)(H,48,65)(H,49,67)(H,51,66)(H,52,68)(H,53,72)(H,54,63)(H,55,69)(H,56,71)(H,57,64)(H,58,70)/t22-,23-,24-,25+,26-,28-,29-,30-,31-,35-,36-/m0/s1. The van der Waals surface area contributed by atoms with Gasteiger partial charge in [0.2, 0.25) is 65.0 Å². The molecule has 0 radical (unpaired) electrons. The molecule has 0 aliphatic rings. The number of nitrogens with zero attached hydrogens (tertiary/aromatic N) is 1. The third-order valence-corrected chi connectivity index (χ3v) is 11.5. The highest BCUT2D eigenvalue weighted by atomic mass is 32.2. The number of thioether (sulfide) groups is 1. The van der Waals surface area contributed by atoms with E-state index in [-0.39, 0.29) is 18.8 Å². The molecule has 1 heterocycles. The summed E-state index contributed by atoms with van der Waals surface area (Å²) in [4.78, 5) is 161. The van der Waals surface area contributed by atoms with Crippen LogP contribution in [0.5, 0.6) is 0 Å². The Morgan fingerprint density at radius 2 is 1.25 bits per heavy atom. The number of nitrogens with two attached hydrogens (primary N) is 2. The van der Waals surface area contributed by atoms with Gasteiger partial charge in [-0.2, -0.15) is 11.8 Å². The molecule has 0 spiro atoms. The minimum absolute atomic E-state index is 0.0936. The number of aliphatic hydroxyl groups excluding tert-OH is 2. The van der Waals surface area contributed by atoms with Crippen molar-refractivity contribution in [1.29, 1.82) is 0 Å². The van der Waals surface area contributed by atoms with E-state index in [0.29, 0.717) is 30.6 Å². The number of aldehydes is 1. The summed E-state index contributed by atoms with van der Waals surface area (Å²) in [6.07, 6.45) is 3.48. The Morgan fingerprint density at radius 1 is 0.699 bits per heavy atom. The number of imidazole rings is 1. The van der Waals surface area contributed by atoms with Crippen LogP contribution < -0.4 is 64.6 Å². The number of hydrogen-bond donors (Lipinski definition) is 15. The van der Waals surface area contributed by atoms with Crippen LogP contribution in [0.2, 0.25) is 0 Å². The molecule has 0 aliphatic heterocycles. The van der Waals surface area contributed by atoms with Crippen LogP contribution in [0.1, 0.15) is 79.8 Å². The second kappa shape index (κ2) is 33.1. The molecule has 0 saturated heterocycles. The predicted molar refractivity (Wildman–Crippen MR) is 264 cm³/mol. The number of H-pyrrole nitrogens is 1. The number of aromatic amines is 1. The van der Waals surface area contributed by atoms with Gasteiger partial charge in [-0.05, 0) is 57.5 Å². The number of carbonyl (C=O) groups is 12. The summed E-state index contributed by atoms with van der Waals surface area (Å²) in [5, 5.41) is 43.6. The van der Waals surface area contributed by atoms with E-state index in [2.05, 4.69) is 63.1 Å². The fourth-order valence-corrected chi connectivity index (χ4v) is 6.97. The largest absolute Gasteiger partial charge is 0.394 e. The quantitative estimate of drug-likeness (QED) is 0.0286. The summed E-state index contributed by atoms with van der Waals surface area (Å²) in [5.41, 5.74) is 11.0. The van der Waals surface area contributed by atoms with E-state index in [9.17, 15) is 62.6 Å². The van der Waals surface area contributed by atoms with Gasteiger partial charge in [-0.15, -0.1) is 0 Å². The van der Waals surface area contributed by atoms with Crippen molar-refractivity contribution in [1.82, 2.24) is 63.1 Å². The molecular formula is C44H74N14O14S. The number of aromatic nitrogens is 2. The second-order valence-electron chi connectivity index (χ2n) is 17.7. The van der Waals surface area contributed by atoms with E-state index in [1.807, 2.05) is 6.26 Å². The fraction of sp³-hybridized carbons (Fsp3) is 0.659. The van der Waals surface area contributed by atoms with Crippen molar-refractivity contribution in [3.63, 3.8) is 0 Å². The van der Waals surface area contributed by atoms with Crippen molar-refractivity contribution < 1.29 is 67.7 Å². The molecule has 0 fully saturated rings. The first-order chi connectivity index (χ1) is 34.3. The maximum Gasteiger partial charge on any atom is 0.245 e. The minimum Gasteiger partial charge on any atom is -0.394 e. The maximum atomic E-state index is 13.8. The zero-order chi connectivity index (χ0) is 55.5. The van der Waals surface area contributed by atoms with E-state index in [0.717, 1.165) is 0 Å². The van der Waals surface area contributed by atoms with E-state index >= 15 is 0 Å². The van der Waals surface area contributed by atoms with Crippen LogP contribution in [-0.2, 0) is 64.0 Å². The van der Waals surface area contributed by atoms with Gasteiger partial charge in [-0.3, -0.25) is 52.7 Å². The zero-order valence-corrected chi connectivity index (χ0v) is 43.1. The lowest BCUT2D eigenvalue weighted by atomic mass is 9.96. The SMILES string of the molecule is CC[C@H](C)[C@H](NC(=O)CNC(=O)[C@H](C)NC(=O)[C@H](C)NC(=O)[C@H](Cc1cnc[nH]1)NC(=O)[C@H](CC(N)=O)NC(=O)CNC(=O)[C@@H](N)CO)C(=O)N[C@@H](CC(C)C)C(=O)N[C@H](C(=O)N[C@H](C=O)CCSC)[C@@H](C)O. The van der Waals surface area contributed by atoms with Gasteiger partial charge in [0.1, 0.15) is 54.6 Å². The monoisotopic (exact) mass is 1050 g/mol. The summed E-state index contributed by atoms with van der Waals surface area (Å²) >= 11 is 1.46. The Bertz CT molecular complexity index is 2040. The number of amides is 11. The number of carbonyl (C=O) groups excluding carboxylic acids is 12. The van der Waals surface area contributed by atoms with Crippen LogP contribution in [0.3, 0.4) is 0 Å². The van der Waals surface area contributed by atoms with E-state index in [1.165, 1.54) is 45.1 Å². The molecule has 1 aromatic heterocycles. The third kappa shape index (κ3) is 24.0. The van der Waals surface area contributed by atoms with Crippen LogP contribution in [0.25, 0.3) is 0 Å². The Hall–Kier alpha value is -6.72. The second-order valence-corrected chi connectivity index (χ2v) is 18.7. The summed E-state index contributed by atoms with van der Waals surface area (Å²) < 4.78 is 0. The first-order valence-corrected chi connectivity index (χ1v) is 24.9. The highest BCUT2D eigenvalue weighted by molar-refractivity contribution is 7.98. The molecule has 17 N–H and O–H groups in total. The van der Waals surface area contributed by atoms with Crippen molar-refractivity contribution in [2.24, 2.45) is 23.3 Å². The first-order valence-electron chi connectivity index (χ1n) is 23.5. The van der Waals surface area contributed by atoms with Gasteiger partial charge >= 0.3 is 0 Å². The lowest BCUT2D eigenvalue weighted by Crippen LogP contribution is -2.61. The van der Waals surface area contributed by atoms with Gasteiger partial charge in [-0.25, -0.2) is 4.98 Å². The Kier molecular flexibility index (Phi) is 29.1. The van der Waals surface area contributed by atoms with E-state index < -0.39 is 157 Å². The number of aliphatic hydroxyl groups is 2. The molecule has 1 rings (SSSR count). The van der Waals surface area contributed by atoms with Gasteiger partial charge in [-0.1, -0.05) is 34.1 Å². The number of primary amides is 1. The summed E-state index contributed by atoms with van der Waals surface area (Å²) in [6, 6.07) is -11.9. The molecule has 0 unspecified atom stereocenters. The molecule has 410 valence electrons. The van der Waals surface area contributed by atoms with Crippen LogP contribution in [0.4, 0.5) is 0 Å². The van der Waals surface area contributed by atoms with Gasteiger partial charge in [0.05, 0.1) is 44.6 Å². The molecule has 0 saturated carbocycles. The number of nitrogens with one attached hydrogen (secondary N) is 11. The van der Waals surface area contributed by atoms with Gasteiger partial charge < -0.3 is 84.6 Å². The van der Waals surface area contributed by atoms with Crippen molar-refractivity contribution in [2.45, 2.75) is 141 Å². The fourth-order valence-electron chi connectivity index (χ4n) is 6.48. The summed E-state index contributed by atoms with van der Waals surface area (Å²) in [6.45, 7) is 8.76. The summed E-state index contributed by atoms with van der Waals surface area (Å²) in [7, 11) is 0. The zero-order valence-electron chi connectivity index (χ0n) is 42.3. The van der Waals surface area contributed by atoms with Gasteiger partial charge in [0.15, 0.2) is 0 Å². The molecule has 0 bridgehead atoms. The normalized spacial score (nSPS) is 15.6. The molecule has 11 amide bonds. The number of rotatable bonds is 34. The average Bonchev–Trinajstić information content (AvgIpc) is 3.85. The molecule has 73 heavy (non-hydrogen) atoms. The molecule has 1 aromatic rings. The average molecular weight is 1060 g/mol. The van der Waals surface area contributed by atoms with Crippen molar-refractivity contribution in [3.8, 4) is 0 Å². The molecule has 29 heteroatoms. The minimum atomic E-state index is -1.64. The van der Waals surface area contributed by atoms with Crippen molar-refractivity contribution in [3.05, 3.63) is 18.2 Å². The lowest BCUT2D eigenvalue weighted by Gasteiger charge is -2.29. The van der Waals surface area contributed by atoms with Crippen LogP contribution in [-0.4, -0.2) is 184 Å². The topological polar surface area (TPSA) is 446 Å². The molecule has 0 aliphatic carbocycles. The maximum absolute atomic E-state index is 13.8. The highest BCUT2D eigenvalue weighted by Crippen LogP contribution is 2.12. The van der Waals surface area contributed by atoms with Gasteiger partial charge in [0.25, 0.3) is 0 Å². The van der Waals surface area contributed by atoms with Crippen LogP contribution in [0, 0.1) is 11.8 Å². The van der Waals surface area contributed by atoms with Crippen LogP contribution >= 0.6 is 11.8 Å². The first kappa shape index (κ1) is 64.3. The molecule has 0 aromatic carbocycles. The molecule has 11 atom stereocenters. The predicted octanol–water partition coefficient (Wildman–Crippen LogP) is -6.28. The Balaban J connectivity index is 3.02. The molecular weight excluding hydrogens is 981 g/mol. The van der Waals surface area contributed by atoms with Gasteiger partial charge in [0, 0.05) is 18.3 Å². The van der Waals surface area contributed by atoms with Crippen LogP contribution in [0.15, 0.2) is 12.5 Å².